The fourth-order valence-corrected chi connectivity index (χ4v) is 3.02. The first-order chi connectivity index (χ1) is 13.4. The number of benzene rings is 1. The summed E-state index contributed by atoms with van der Waals surface area (Å²) in [7, 11) is 0. The Bertz CT molecular complexity index is 855. The number of aryl methyl sites for hydroxylation is 2. The second kappa shape index (κ2) is 8.71. The Hall–Kier alpha value is -3.13. The Labute approximate surface area is 163 Å². The molecule has 4 amide bonds. The molecular formula is C20H24N4O4. The molecule has 0 aliphatic carbocycles. The van der Waals surface area contributed by atoms with E-state index in [2.05, 4.69) is 10.6 Å². The monoisotopic (exact) mass is 384 g/mol. The minimum atomic E-state index is -0.556. The van der Waals surface area contributed by atoms with Crippen molar-refractivity contribution in [3.63, 3.8) is 0 Å². The van der Waals surface area contributed by atoms with Crippen LogP contribution in [0.5, 0.6) is 0 Å². The van der Waals surface area contributed by atoms with Gasteiger partial charge in [-0.3, -0.25) is 19.8 Å². The molecule has 1 aromatic carbocycles. The van der Waals surface area contributed by atoms with E-state index in [0.29, 0.717) is 37.6 Å². The van der Waals surface area contributed by atoms with Gasteiger partial charge in [-0.1, -0.05) is 6.07 Å². The predicted molar refractivity (Wildman–Crippen MR) is 104 cm³/mol. The summed E-state index contributed by atoms with van der Waals surface area (Å²) in [5.74, 6) is -0.219. The zero-order valence-corrected chi connectivity index (χ0v) is 16.0. The maximum Gasteiger partial charge on any atom is 0.325 e. The number of nitrogens with zero attached hydrogens (tertiary/aromatic N) is 2. The molecule has 2 aromatic rings. The van der Waals surface area contributed by atoms with Crippen molar-refractivity contribution in [1.82, 2.24) is 15.1 Å². The van der Waals surface area contributed by atoms with E-state index in [-0.39, 0.29) is 18.4 Å². The normalized spacial score (nSPS) is 14.6. The number of urea groups is 1. The number of imide groups is 1. The lowest BCUT2D eigenvalue weighted by atomic mass is 10.1. The van der Waals surface area contributed by atoms with Gasteiger partial charge < -0.3 is 14.6 Å². The van der Waals surface area contributed by atoms with E-state index in [1.54, 1.807) is 23.1 Å². The highest BCUT2D eigenvalue weighted by Crippen LogP contribution is 2.14. The SMILES string of the molecule is Cc1ccc(NC(=O)NC(=O)CN2CCN(C(=O)c3ccco3)CC2)cc1C. The molecule has 28 heavy (non-hydrogen) atoms. The third-order valence-corrected chi connectivity index (χ3v) is 4.78. The van der Waals surface area contributed by atoms with Gasteiger partial charge in [-0.25, -0.2) is 4.79 Å². The van der Waals surface area contributed by atoms with Crippen LogP contribution in [0.1, 0.15) is 21.7 Å². The van der Waals surface area contributed by atoms with Crippen molar-refractivity contribution in [1.29, 1.82) is 0 Å². The summed E-state index contributed by atoms with van der Waals surface area (Å²) in [5, 5.41) is 5.00. The first kappa shape index (κ1) is 19.6. The summed E-state index contributed by atoms with van der Waals surface area (Å²) < 4.78 is 5.13. The van der Waals surface area contributed by atoms with E-state index < -0.39 is 6.03 Å². The average Bonchev–Trinajstić information content (AvgIpc) is 3.19. The molecule has 0 unspecified atom stereocenters. The summed E-state index contributed by atoms with van der Waals surface area (Å²) in [6, 6.07) is 8.32. The third-order valence-electron chi connectivity index (χ3n) is 4.78. The minimum Gasteiger partial charge on any atom is -0.459 e. The predicted octanol–water partition coefficient (Wildman–Crippen LogP) is 2.00. The molecule has 1 fully saturated rings. The second-order valence-electron chi connectivity index (χ2n) is 6.85. The van der Waals surface area contributed by atoms with Crippen LogP contribution in [0, 0.1) is 13.8 Å². The Morgan fingerprint density at radius 2 is 1.79 bits per heavy atom. The van der Waals surface area contributed by atoms with Gasteiger partial charge in [-0.05, 0) is 49.2 Å². The van der Waals surface area contributed by atoms with Crippen LogP contribution in [-0.2, 0) is 4.79 Å². The molecule has 2 heterocycles. The number of hydrogen-bond acceptors (Lipinski definition) is 5. The highest BCUT2D eigenvalue weighted by atomic mass is 16.3. The van der Waals surface area contributed by atoms with E-state index in [1.807, 2.05) is 30.9 Å². The number of carbonyl (C=O) groups excluding carboxylic acids is 3. The highest BCUT2D eigenvalue weighted by molar-refractivity contribution is 6.01. The molecule has 0 atom stereocenters. The molecule has 0 spiro atoms. The van der Waals surface area contributed by atoms with Crippen molar-refractivity contribution in [3.8, 4) is 0 Å². The lowest BCUT2D eigenvalue weighted by Gasteiger charge is -2.33. The van der Waals surface area contributed by atoms with Crippen molar-refractivity contribution in [2.75, 3.05) is 38.0 Å². The molecule has 1 aliphatic heterocycles. The first-order valence-electron chi connectivity index (χ1n) is 9.15. The van der Waals surface area contributed by atoms with Crippen molar-refractivity contribution < 1.29 is 18.8 Å². The van der Waals surface area contributed by atoms with Gasteiger partial charge in [-0.15, -0.1) is 0 Å². The van der Waals surface area contributed by atoms with Crippen LogP contribution in [0.2, 0.25) is 0 Å². The topological polar surface area (TPSA) is 94.9 Å². The zero-order valence-electron chi connectivity index (χ0n) is 16.0. The molecule has 0 saturated carbocycles. The van der Waals surface area contributed by atoms with Gasteiger partial charge in [0.05, 0.1) is 12.8 Å². The van der Waals surface area contributed by atoms with Crippen LogP contribution in [0.4, 0.5) is 10.5 Å². The number of piperazine rings is 1. The molecule has 0 bridgehead atoms. The Morgan fingerprint density at radius 1 is 1.04 bits per heavy atom. The van der Waals surface area contributed by atoms with Gasteiger partial charge in [0.1, 0.15) is 0 Å². The molecule has 1 aliphatic rings. The standard InChI is InChI=1S/C20H24N4O4/c1-14-5-6-16(12-15(14)2)21-20(27)22-18(25)13-23-7-9-24(10-8-23)19(26)17-4-3-11-28-17/h3-6,11-12H,7-10,13H2,1-2H3,(H2,21,22,25,27). The maximum absolute atomic E-state index is 12.2. The summed E-state index contributed by atoms with van der Waals surface area (Å²) in [5.41, 5.74) is 2.83. The van der Waals surface area contributed by atoms with Crippen molar-refractivity contribution in [2.24, 2.45) is 0 Å². The Morgan fingerprint density at radius 3 is 2.43 bits per heavy atom. The average molecular weight is 384 g/mol. The molecule has 1 saturated heterocycles. The van der Waals surface area contributed by atoms with Crippen LogP contribution in [0.15, 0.2) is 41.0 Å². The van der Waals surface area contributed by atoms with Crippen LogP contribution >= 0.6 is 0 Å². The van der Waals surface area contributed by atoms with Crippen molar-refractivity contribution in [2.45, 2.75) is 13.8 Å². The number of amides is 4. The lowest BCUT2D eigenvalue weighted by molar-refractivity contribution is -0.121. The van der Waals surface area contributed by atoms with E-state index >= 15 is 0 Å². The first-order valence-corrected chi connectivity index (χ1v) is 9.15. The number of furan rings is 1. The van der Waals surface area contributed by atoms with Crippen LogP contribution in [-0.4, -0.2) is 60.4 Å². The Kier molecular flexibility index (Phi) is 6.10. The van der Waals surface area contributed by atoms with Gasteiger partial charge in [-0.2, -0.15) is 0 Å². The molecule has 148 valence electrons. The summed E-state index contributed by atoms with van der Waals surface area (Å²) in [6.07, 6.45) is 1.47. The molecular weight excluding hydrogens is 360 g/mol. The number of hydrogen-bond donors (Lipinski definition) is 2. The lowest BCUT2D eigenvalue weighted by Crippen LogP contribution is -2.51. The second-order valence-corrected chi connectivity index (χ2v) is 6.85. The molecule has 8 nitrogen and oxygen atoms in total. The molecule has 0 radical (unpaired) electrons. The van der Waals surface area contributed by atoms with E-state index in [0.717, 1.165) is 11.1 Å². The molecule has 1 aromatic heterocycles. The number of rotatable bonds is 4. The number of nitrogens with one attached hydrogen (secondary N) is 2. The summed E-state index contributed by atoms with van der Waals surface area (Å²) in [4.78, 5) is 40.0. The van der Waals surface area contributed by atoms with Gasteiger partial charge >= 0.3 is 6.03 Å². The van der Waals surface area contributed by atoms with Gasteiger partial charge in [0.25, 0.3) is 5.91 Å². The zero-order chi connectivity index (χ0) is 20.1. The van der Waals surface area contributed by atoms with E-state index in [9.17, 15) is 14.4 Å². The molecule has 8 heteroatoms. The van der Waals surface area contributed by atoms with Gasteiger partial charge in [0.2, 0.25) is 5.91 Å². The van der Waals surface area contributed by atoms with Gasteiger partial charge in [0, 0.05) is 31.9 Å². The largest absolute Gasteiger partial charge is 0.459 e. The molecule has 2 N–H and O–H groups in total. The van der Waals surface area contributed by atoms with Gasteiger partial charge in [0.15, 0.2) is 5.76 Å². The van der Waals surface area contributed by atoms with Crippen LogP contribution in [0.25, 0.3) is 0 Å². The highest BCUT2D eigenvalue weighted by Gasteiger charge is 2.24. The summed E-state index contributed by atoms with van der Waals surface area (Å²) in [6.45, 7) is 6.16. The maximum atomic E-state index is 12.2. The van der Waals surface area contributed by atoms with Crippen molar-refractivity contribution >= 4 is 23.5 Å². The van der Waals surface area contributed by atoms with E-state index in [1.165, 1.54) is 6.26 Å². The van der Waals surface area contributed by atoms with E-state index in [4.69, 9.17) is 4.42 Å². The third kappa shape index (κ3) is 4.98. The fourth-order valence-electron chi connectivity index (χ4n) is 3.02. The Balaban J connectivity index is 1.42. The van der Waals surface area contributed by atoms with Crippen molar-refractivity contribution in [3.05, 3.63) is 53.5 Å². The smallest absolute Gasteiger partial charge is 0.325 e. The quantitative estimate of drug-likeness (QED) is 0.841. The van der Waals surface area contributed by atoms with Crippen LogP contribution in [0.3, 0.4) is 0 Å². The number of carbonyl (C=O) groups is 3. The number of anilines is 1. The summed E-state index contributed by atoms with van der Waals surface area (Å²) >= 11 is 0. The molecule has 3 rings (SSSR count). The van der Waals surface area contributed by atoms with Crippen LogP contribution < -0.4 is 10.6 Å². The minimum absolute atomic E-state index is 0.100. The fraction of sp³-hybridized carbons (Fsp3) is 0.350.